The zero-order chi connectivity index (χ0) is 10.0. The van der Waals surface area contributed by atoms with Crippen molar-refractivity contribution in [3.05, 3.63) is 12.7 Å². The van der Waals surface area contributed by atoms with Crippen LogP contribution in [-0.4, -0.2) is 11.7 Å². The van der Waals surface area contributed by atoms with Crippen molar-refractivity contribution in [2.24, 2.45) is 17.3 Å². The maximum Gasteiger partial charge on any atom is 0.0462 e. The van der Waals surface area contributed by atoms with Crippen LogP contribution in [0.25, 0.3) is 0 Å². The zero-order valence-corrected chi connectivity index (χ0v) is 9.04. The fraction of sp³-hybridized carbons (Fsp3) is 0.846. The molecule has 0 bridgehead atoms. The van der Waals surface area contributed by atoms with E-state index >= 15 is 0 Å². The van der Waals surface area contributed by atoms with E-state index in [9.17, 15) is 5.11 Å². The Morgan fingerprint density at radius 2 is 2.00 bits per heavy atom. The predicted molar refractivity (Wildman–Crippen MR) is 59.0 cm³/mol. The molecule has 0 heterocycles. The maximum absolute atomic E-state index is 9.41. The molecule has 0 aromatic rings. The summed E-state index contributed by atoms with van der Waals surface area (Å²) in [7, 11) is 0. The molecule has 2 rings (SSSR count). The minimum absolute atomic E-state index is 0.389. The van der Waals surface area contributed by atoms with Gasteiger partial charge in [0.1, 0.15) is 0 Å². The summed E-state index contributed by atoms with van der Waals surface area (Å²) >= 11 is 0. The van der Waals surface area contributed by atoms with Crippen molar-refractivity contribution >= 4 is 0 Å². The molecule has 3 atom stereocenters. The SMILES string of the molecule is C=C[C@@]12CCCC[C@H]1[C@@H](CO)CCC2. The van der Waals surface area contributed by atoms with Gasteiger partial charge in [0.05, 0.1) is 0 Å². The van der Waals surface area contributed by atoms with Crippen LogP contribution in [0.3, 0.4) is 0 Å². The van der Waals surface area contributed by atoms with Crippen LogP contribution in [0.1, 0.15) is 44.9 Å². The second kappa shape index (κ2) is 4.06. The predicted octanol–water partition coefficient (Wildman–Crippen LogP) is 3.14. The van der Waals surface area contributed by atoms with Gasteiger partial charge in [0.25, 0.3) is 0 Å². The molecule has 2 aliphatic carbocycles. The normalized spacial score (nSPS) is 42.9. The van der Waals surface area contributed by atoms with E-state index in [1.807, 2.05) is 0 Å². The Hall–Kier alpha value is -0.300. The third-order valence-corrected chi connectivity index (χ3v) is 4.57. The number of allylic oxidation sites excluding steroid dienone is 1. The van der Waals surface area contributed by atoms with Crippen molar-refractivity contribution in [3.63, 3.8) is 0 Å². The first-order valence-corrected chi connectivity index (χ1v) is 6.07. The number of aliphatic hydroxyl groups excluding tert-OH is 1. The third kappa shape index (κ3) is 1.52. The molecule has 2 saturated carbocycles. The van der Waals surface area contributed by atoms with E-state index in [4.69, 9.17) is 0 Å². The van der Waals surface area contributed by atoms with E-state index < -0.39 is 0 Å². The molecule has 1 nitrogen and oxygen atoms in total. The average Bonchev–Trinajstić information content (AvgIpc) is 2.28. The third-order valence-electron chi connectivity index (χ3n) is 4.57. The van der Waals surface area contributed by atoms with Crippen molar-refractivity contribution in [1.82, 2.24) is 0 Å². The van der Waals surface area contributed by atoms with Gasteiger partial charge in [-0.3, -0.25) is 0 Å². The lowest BCUT2D eigenvalue weighted by molar-refractivity contribution is 0.0128. The molecule has 0 aromatic carbocycles. The zero-order valence-electron chi connectivity index (χ0n) is 9.04. The van der Waals surface area contributed by atoms with E-state index in [0.717, 1.165) is 5.92 Å². The van der Waals surface area contributed by atoms with Gasteiger partial charge < -0.3 is 5.11 Å². The van der Waals surface area contributed by atoms with Crippen LogP contribution in [0.4, 0.5) is 0 Å². The van der Waals surface area contributed by atoms with Crippen molar-refractivity contribution in [2.75, 3.05) is 6.61 Å². The molecule has 0 aliphatic heterocycles. The second-order valence-electron chi connectivity index (χ2n) is 5.12. The van der Waals surface area contributed by atoms with Crippen LogP contribution in [0.15, 0.2) is 12.7 Å². The molecular formula is C13H22O. The monoisotopic (exact) mass is 194 g/mol. The van der Waals surface area contributed by atoms with E-state index in [0.29, 0.717) is 17.9 Å². The number of hydrogen-bond donors (Lipinski definition) is 1. The summed E-state index contributed by atoms with van der Waals surface area (Å²) in [4.78, 5) is 0. The molecule has 0 amide bonds. The van der Waals surface area contributed by atoms with Crippen LogP contribution < -0.4 is 0 Å². The van der Waals surface area contributed by atoms with Crippen LogP contribution in [-0.2, 0) is 0 Å². The van der Waals surface area contributed by atoms with Crippen LogP contribution >= 0.6 is 0 Å². The summed E-state index contributed by atoms with van der Waals surface area (Å²) in [5.74, 6) is 1.29. The van der Waals surface area contributed by atoms with Gasteiger partial charge in [-0.2, -0.15) is 0 Å². The Balaban J connectivity index is 2.19. The van der Waals surface area contributed by atoms with E-state index in [1.165, 1.54) is 44.9 Å². The van der Waals surface area contributed by atoms with Crippen LogP contribution in [0.2, 0.25) is 0 Å². The molecule has 1 N–H and O–H groups in total. The lowest BCUT2D eigenvalue weighted by atomic mass is 9.56. The second-order valence-corrected chi connectivity index (χ2v) is 5.12. The molecule has 80 valence electrons. The summed E-state index contributed by atoms with van der Waals surface area (Å²) in [6.45, 7) is 4.44. The first kappa shape index (κ1) is 10.2. The average molecular weight is 194 g/mol. The molecule has 0 unspecified atom stereocenters. The molecule has 2 fully saturated rings. The lowest BCUT2D eigenvalue weighted by Gasteiger charge is -2.49. The number of rotatable bonds is 2. The molecule has 0 saturated heterocycles. The Morgan fingerprint density at radius 1 is 1.21 bits per heavy atom. The van der Waals surface area contributed by atoms with Gasteiger partial charge in [-0.15, -0.1) is 6.58 Å². The van der Waals surface area contributed by atoms with Gasteiger partial charge >= 0.3 is 0 Å². The summed E-state index contributed by atoms with van der Waals surface area (Å²) in [5.41, 5.74) is 0.393. The number of hydrogen-bond acceptors (Lipinski definition) is 1. The Labute approximate surface area is 87.2 Å². The highest BCUT2D eigenvalue weighted by molar-refractivity contribution is 5.05. The van der Waals surface area contributed by atoms with Gasteiger partial charge in [0.15, 0.2) is 0 Å². The van der Waals surface area contributed by atoms with Crippen molar-refractivity contribution in [2.45, 2.75) is 44.9 Å². The number of aliphatic hydroxyl groups is 1. The van der Waals surface area contributed by atoms with E-state index in [2.05, 4.69) is 12.7 Å². The van der Waals surface area contributed by atoms with Crippen molar-refractivity contribution in [3.8, 4) is 0 Å². The van der Waals surface area contributed by atoms with Gasteiger partial charge in [-0.25, -0.2) is 0 Å². The topological polar surface area (TPSA) is 20.2 Å². The van der Waals surface area contributed by atoms with Gasteiger partial charge in [-0.1, -0.05) is 25.3 Å². The van der Waals surface area contributed by atoms with E-state index in [1.54, 1.807) is 0 Å². The minimum Gasteiger partial charge on any atom is -0.396 e. The molecule has 0 radical (unpaired) electrons. The summed E-state index contributed by atoms with van der Waals surface area (Å²) < 4.78 is 0. The summed E-state index contributed by atoms with van der Waals surface area (Å²) in [6, 6.07) is 0. The maximum atomic E-state index is 9.41. The Bertz CT molecular complexity index is 207. The van der Waals surface area contributed by atoms with Crippen LogP contribution in [0.5, 0.6) is 0 Å². The van der Waals surface area contributed by atoms with Crippen LogP contribution in [0, 0.1) is 17.3 Å². The highest BCUT2D eigenvalue weighted by Gasteiger charge is 2.44. The molecule has 0 aromatic heterocycles. The van der Waals surface area contributed by atoms with E-state index in [-0.39, 0.29) is 0 Å². The fourth-order valence-electron chi connectivity index (χ4n) is 3.78. The lowest BCUT2D eigenvalue weighted by Crippen LogP contribution is -2.41. The Morgan fingerprint density at radius 3 is 2.71 bits per heavy atom. The highest BCUT2D eigenvalue weighted by Crippen LogP contribution is 2.53. The van der Waals surface area contributed by atoms with Crippen molar-refractivity contribution in [1.29, 1.82) is 0 Å². The minimum atomic E-state index is 0.389. The largest absolute Gasteiger partial charge is 0.396 e. The standard InChI is InChI=1S/C13H22O/c1-2-13-8-4-3-7-12(13)11(10-14)6-5-9-13/h2,11-12,14H,1,3-10H2/t11-,12+,13+/m1/s1. The Kier molecular flexibility index (Phi) is 2.96. The summed E-state index contributed by atoms with van der Waals surface area (Å²) in [5, 5.41) is 9.41. The smallest absolute Gasteiger partial charge is 0.0462 e. The molecular weight excluding hydrogens is 172 g/mol. The quantitative estimate of drug-likeness (QED) is 0.670. The summed E-state index contributed by atoms with van der Waals surface area (Å²) in [6.07, 6.45) is 11.4. The fourth-order valence-corrected chi connectivity index (χ4v) is 3.78. The molecule has 1 heteroatoms. The molecule has 2 aliphatic rings. The first-order chi connectivity index (χ1) is 6.82. The molecule has 0 spiro atoms. The molecule has 14 heavy (non-hydrogen) atoms. The van der Waals surface area contributed by atoms with Gasteiger partial charge in [0, 0.05) is 6.61 Å². The highest BCUT2D eigenvalue weighted by atomic mass is 16.3. The first-order valence-electron chi connectivity index (χ1n) is 6.07. The van der Waals surface area contributed by atoms with Crippen molar-refractivity contribution < 1.29 is 5.11 Å². The van der Waals surface area contributed by atoms with Gasteiger partial charge in [0.2, 0.25) is 0 Å². The van der Waals surface area contributed by atoms with Gasteiger partial charge in [-0.05, 0) is 42.9 Å². The number of fused-ring (bicyclic) bond motifs is 1.